The van der Waals surface area contributed by atoms with Crippen LogP contribution in [0.25, 0.3) is 0 Å². The molecule has 1 saturated heterocycles. The van der Waals surface area contributed by atoms with Crippen LogP contribution in [0.1, 0.15) is 19.3 Å². The first-order valence-corrected chi connectivity index (χ1v) is 5.02. The molecule has 0 aromatic rings. The Kier molecular flexibility index (Phi) is 5.07. The van der Waals surface area contributed by atoms with Gasteiger partial charge in [-0.2, -0.15) is 0 Å². The quantitative estimate of drug-likeness (QED) is 0.694. The largest absolute Gasteiger partial charge is 0.445 e. The van der Waals surface area contributed by atoms with Crippen LogP contribution in [0.2, 0.25) is 0 Å². The predicted octanol–water partition coefficient (Wildman–Crippen LogP) is 1.16. The predicted molar refractivity (Wildman–Crippen MR) is 53.0 cm³/mol. The fourth-order valence-corrected chi connectivity index (χ4v) is 1.43. The number of rotatable bonds is 3. The SMILES string of the molecule is O=C(OCC=CCO)N1CCCCC1. The minimum atomic E-state index is -0.243. The minimum absolute atomic E-state index is 0.0126. The smallest absolute Gasteiger partial charge is 0.410 e. The van der Waals surface area contributed by atoms with E-state index in [1.165, 1.54) is 6.42 Å². The lowest BCUT2D eigenvalue weighted by molar-refractivity contribution is 0.104. The normalized spacial score (nSPS) is 17.4. The minimum Gasteiger partial charge on any atom is -0.445 e. The number of hydrogen-bond acceptors (Lipinski definition) is 3. The maximum Gasteiger partial charge on any atom is 0.410 e. The number of hydrogen-bond donors (Lipinski definition) is 1. The third-order valence-corrected chi connectivity index (χ3v) is 2.19. The second-order valence-corrected chi connectivity index (χ2v) is 3.28. The van der Waals surface area contributed by atoms with E-state index in [4.69, 9.17) is 9.84 Å². The first kappa shape index (κ1) is 11.0. The van der Waals surface area contributed by atoms with Gasteiger partial charge in [-0.3, -0.25) is 0 Å². The second kappa shape index (κ2) is 6.43. The highest BCUT2D eigenvalue weighted by Crippen LogP contribution is 2.09. The zero-order chi connectivity index (χ0) is 10.2. The van der Waals surface area contributed by atoms with Crippen molar-refractivity contribution >= 4 is 6.09 Å². The van der Waals surface area contributed by atoms with Gasteiger partial charge < -0.3 is 14.7 Å². The van der Waals surface area contributed by atoms with Crippen LogP contribution in [0.3, 0.4) is 0 Å². The number of carbonyl (C=O) groups is 1. The van der Waals surface area contributed by atoms with Crippen molar-refractivity contribution in [3.05, 3.63) is 12.2 Å². The van der Waals surface area contributed by atoms with Crippen LogP contribution < -0.4 is 0 Å². The second-order valence-electron chi connectivity index (χ2n) is 3.28. The summed E-state index contributed by atoms with van der Waals surface area (Å²) in [6, 6.07) is 0. The number of nitrogens with zero attached hydrogens (tertiary/aromatic N) is 1. The maximum absolute atomic E-state index is 11.4. The van der Waals surface area contributed by atoms with Gasteiger partial charge in [-0.15, -0.1) is 0 Å². The van der Waals surface area contributed by atoms with Crippen LogP contribution in [0.5, 0.6) is 0 Å². The molecule has 0 saturated carbocycles. The van der Waals surface area contributed by atoms with E-state index in [0.29, 0.717) is 0 Å². The molecule has 1 heterocycles. The van der Waals surface area contributed by atoms with Crippen LogP contribution in [-0.4, -0.2) is 42.4 Å². The number of likely N-dealkylation sites (tertiary alicyclic amines) is 1. The van der Waals surface area contributed by atoms with Crippen molar-refractivity contribution in [3.63, 3.8) is 0 Å². The molecule has 0 aromatic carbocycles. The molecule has 0 atom stereocenters. The fraction of sp³-hybridized carbons (Fsp3) is 0.700. The first-order valence-electron chi connectivity index (χ1n) is 5.02. The topological polar surface area (TPSA) is 49.8 Å². The number of piperidine rings is 1. The number of ether oxygens (including phenoxy) is 1. The van der Waals surface area contributed by atoms with Crippen LogP contribution in [0.15, 0.2) is 12.2 Å². The molecule has 1 aliphatic rings. The molecule has 0 spiro atoms. The molecule has 0 aromatic heterocycles. The number of amides is 1. The van der Waals surface area contributed by atoms with Crippen LogP contribution in [0.4, 0.5) is 4.79 Å². The van der Waals surface area contributed by atoms with Crippen molar-refractivity contribution < 1.29 is 14.6 Å². The van der Waals surface area contributed by atoms with Gasteiger partial charge >= 0.3 is 6.09 Å². The molecule has 4 heteroatoms. The molecule has 1 N–H and O–H groups in total. The molecule has 0 radical (unpaired) electrons. The summed E-state index contributed by atoms with van der Waals surface area (Å²) >= 11 is 0. The molecule has 80 valence electrons. The Hall–Kier alpha value is -1.03. The van der Waals surface area contributed by atoms with E-state index in [1.807, 2.05) is 0 Å². The zero-order valence-corrected chi connectivity index (χ0v) is 8.32. The standard InChI is InChI=1S/C10H17NO3/c12-8-4-5-9-14-10(13)11-6-2-1-3-7-11/h4-5,12H,1-3,6-9H2. The summed E-state index contributed by atoms with van der Waals surface area (Å²) in [5, 5.41) is 8.44. The monoisotopic (exact) mass is 199 g/mol. The molecule has 14 heavy (non-hydrogen) atoms. The molecule has 0 unspecified atom stereocenters. The fourth-order valence-electron chi connectivity index (χ4n) is 1.43. The van der Waals surface area contributed by atoms with Gasteiger partial charge in [-0.1, -0.05) is 6.08 Å². The third kappa shape index (κ3) is 3.79. The van der Waals surface area contributed by atoms with Crippen LogP contribution >= 0.6 is 0 Å². The van der Waals surface area contributed by atoms with E-state index in [1.54, 1.807) is 17.1 Å². The molecular formula is C10H17NO3. The van der Waals surface area contributed by atoms with E-state index in [0.717, 1.165) is 25.9 Å². The lowest BCUT2D eigenvalue weighted by Crippen LogP contribution is -2.36. The van der Waals surface area contributed by atoms with E-state index in [-0.39, 0.29) is 19.3 Å². The maximum atomic E-state index is 11.4. The molecule has 0 bridgehead atoms. The Morgan fingerprint density at radius 1 is 1.29 bits per heavy atom. The molecule has 1 amide bonds. The van der Waals surface area contributed by atoms with Crippen molar-refractivity contribution in [2.75, 3.05) is 26.3 Å². The van der Waals surface area contributed by atoms with Crippen LogP contribution in [0, 0.1) is 0 Å². The van der Waals surface area contributed by atoms with Gasteiger partial charge in [0.1, 0.15) is 6.61 Å². The molecule has 4 nitrogen and oxygen atoms in total. The van der Waals surface area contributed by atoms with Gasteiger partial charge in [0.15, 0.2) is 0 Å². The summed E-state index contributed by atoms with van der Waals surface area (Å²) in [5.74, 6) is 0. The van der Waals surface area contributed by atoms with E-state index in [2.05, 4.69) is 0 Å². The van der Waals surface area contributed by atoms with Gasteiger partial charge in [0, 0.05) is 13.1 Å². The lowest BCUT2D eigenvalue weighted by atomic mass is 10.1. The number of carbonyl (C=O) groups excluding carboxylic acids is 1. The molecule has 0 aliphatic carbocycles. The molecule has 1 fully saturated rings. The summed E-state index contributed by atoms with van der Waals surface area (Å²) in [5.41, 5.74) is 0. The van der Waals surface area contributed by atoms with Crippen molar-refractivity contribution in [1.82, 2.24) is 4.90 Å². The summed E-state index contributed by atoms with van der Waals surface area (Å²) in [4.78, 5) is 13.1. The number of aliphatic hydroxyl groups is 1. The van der Waals surface area contributed by atoms with E-state index < -0.39 is 0 Å². The van der Waals surface area contributed by atoms with E-state index in [9.17, 15) is 4.79 Å². The van der Waals surface area contributed by atoms with Crippen molar-refractivity contribution in [2.24, 2.45) is 0 Å². The highest BCUT2D eigenvalue weighted by atomic mass is 16.6. The summed E-state index contributed by atoms with van der Waals surface area (Å²) in [7, 11) is 0. The molecule has 1 rings (SSSR count). The zero-order valence-electron chi connectivity index (χ0n) is 8.32. The van der Waals surface area contributed by atoms with Crippen molar-refractivity contribution in [1.29, 1.82) is 0 Å². The Morgan fingerprint density at radius 3 is 2.64 bits per heavy atom. The van der Waals surface area contributed by atoms with Gasteiger partial charge in [-0.05, 0) is 25.3 Å². The van der Waals surface area contributed by atoms with Crippen molar-refractivity contribution in [2.45, 2.75) is 19.3 Å². The summed E-state index contributed by atoms with van der Waals surface area (Å²) in [6.45, 7) is 1.85. The average Bonchev–Trinajstić information content (AvgIpc) is 2.25. The van der Waals surface area contributed by atoms with Gasteiger partial charge in [0.2, 0.25) is 0 Å². The van der Waals surface area contributed by atoms with Crippen molar-refractivity contribution in [3.8, 4) is 0 Å². The summed E-state index contributed by atoms with van der Waals surface area (Å²) in [6.07, 6.45) is 6.30. The highest BCUT2D eigenvalue weighted by Gasteiger charge is 2.16. The summed E-state index contributed by atoms with van der Waals surface area (Å²) < 4.78 is 4.97. The first-order chi connectivity index (χ1) is 6.84. The molecule has 1 aliphatic heterocycles. The average molecular weight is 199 g/mol. The Morgan fingerprint density at radius 2 is 2.00 bits per heavy atom. The Bertz CT molecular complexity index is 198. The third-order valence-electron chi connectivity index (χ3n) is 2.19. The lowest BCUT2D eigenvalue weighted by Gasteiger charge is -2.25. The van der Waals surface area contributed by atoms with E-state index >= 15 is 0 Å². The highest BCUT2D eigenvalue weighted by molar-refractivity contribution is 5.67. The Labute approximate surface area is 84.2 Å². The van der Waals surface area contributed by atoms with Gasteiger partial charge in [0.25, 0.3) is 0 Å². The van der Waals surface area contributed by atoms with Crippen LogP contribution in [-0.2, 0) is 4.74 Å². The molecular weight excluding hydrogens is 182 g/mol. The number of aliphatic hydroxyl groups excluding tert-OH is 1. The van der Waals surface area contributed by atoms with Gasteiger partial charge in [-0.25, -0.2) is 4.79 Å². The van der Waals surface area contributed by atoms with Gasteiger partial charge in [0.05, 0.1) is 6.61 Å². The Balaban J connectivity index is 2.16.